The number of rotatable bonds is 4. The minimum atomic E-state index is -1.18. The predicted octanol–water partition coefficient (Wildman–Crippen LogP) is 3.12. The molecule has 0 amide bonds. The molecule has 116 valence electrons. The fraction of sp³-hybridized carbons (Fsp3) is 0. The second-order valence-electron chi connectivity index (χ2n) is 4.65. The van der Waals surface area contributed by atoms with E-state index in [2.05, 4.69) is 9.97 Å². The zero-order valence-electron chi connectivity index (χ0n) is 11.8. The number of carbonyl (C=O) groups is 1. The van der Waals surface area contributed by atoms with Crippen molar-refractivity contribution in [2.75, 3.05) is 0 Å². The molecule has 0 saturated heterocycles. The molecule has 24 heavy (non-hydrogen) atoms. The Morgan fingerprint density at radius 2 is 1.54 bits per heavy atom. The van der Waals surface area contributed by atoms with Gasteiger partial charge in [-0.15, -0.1) is 0 Å². The molecule has 0 bridgehead atoms. The summed E-state index contributed by atoms with van der Waals surface area (Å²) in [5.74, 6) is -0.662. The molecule has 0 unspecified atom stereocenters. The van der Waals surface area contributed by atoms with Crippen molar-refractivity contribution in [2.45, 2.75) is 0 Å². The zero-order chi connectivity index (χ0) is 16.2. The number of aromatic carboxylic acids is 1. The van der Waals surface area contributed by atoms with Crippen molar-refractivity contribution in [3.8, 4) is 22.8 Å². The maximum absolute atomic E-state index is 12.8. The molecular formula is C17H12FN2NaO3. The molecule has 0 atom stereocenters. The van der Waals surface area contributed by atoms with E-state index in [0.29, 0.717) is 17.2 Å². The van der Waals surface area contributed by atoms with Crippen molar-refractivity contribution < 1.29 is 19.0 Å². The van der Waals surface area contributed by atoms with Crippen LogP contribution in [0.15, 0.2) is 60.8 Å². The molecular weight excluding hydrogens is 322 g/mol. The van der Waals surface area contributed by atoms with Gasteiger partial charge in [0.05, 0.1) is 5.69 Å². The Bertz CT molecular complexity index is 839. The Balaban J connectivity index is 0.00000208. The first-order chi connectivity index (χ1) is 11.1. The normalized spacial score (nSPS) is 9.88. The number of hydrogen-bond acceptors (Lipinski definition) is 4. The Hall–Kier alpha value is -2.28. The van der Waals surface area contributed by atoms with E-state index in [9.17, 15) is 9.18 Å². The van der Waals surface area contributed by atoms with Gasteiger partial charge in [0.1, 0.15) is 17.3 Å². The summed E-state index contributed by atoms with van der Waals surface area (Å²) in [6, 6.07) is 14.3. The number of carboxylic acid groups (broad SMARTS) is 1. The van der Waals surface area contributed by atoms with Crippen LogP contribution in [0.1, 0.15) is 10.6 Å². The second-order valence-corrected chi connectivity index (χ2v) is 4.65. The maximum atomic E-state index is 12.8. The van der Waals surface area contributed by atoms with Crippen molar-refractivity contribution in [1.29, 1.82) is 0 Å². The number of halogens is 1. The van der Waals surface area contributed by atoms with E-state index in [1.54, 1.807) is 30.3 Å². The molecule has 3 rings (SSSR count). The first-order valence-electron chi connectivity index (χ1n) is 6.72. The molecule has 0 fully saturated rings. The Labute approximate surface area is 159 Å². The Morgan fingerprint density at radius 3 is 2.12 bits per heavy atom. The standard InChI is InChI=1S/C17H11FN2O3.Na.H/c18-12-3-7-14(8-4-12)23-13-5-1-11(2-6-13)15-9-10-19-16(20-15)17(21)22;;/h1-10H,(H,21,22);;. The van der Waals surface area contributed by atoms with Crippen LogP contribution in [0.25, 0.3) is 11.3 Å². The van der Waals surface area contributed by atoms with Gasteiger partial charge in [0.15, 0.2) is 0 Å². The topological polar surface area (TPSA) is 72.3 Å². The van der Waals surface area contributed by atoms with Crippen molar-refractivity contribution in [1.82, 2.24) is 9.97 Å². The fourth-order valence-corrected chi connectivity index (χ4v) is 1.95. The van der Waals surface area contributed by atoms with Gasteiger partial charge in [-0.1, -0.05) is 0 Å². The molecule has 0 saturated carbocycles. The van der Waals surface area contributed by atoms with Crippen LogP contribution < -0.4 is 4.74 Å². The molecule has 1 aromatic heterocycles. The molecule has 1 N–H and O–H groups in total. The van der Waals surface area contributed by atoms with Gasteiger partial charge in [-0.05, 0) is 54.6 Å². The third-order valence-electron chi connectivity index (χ3n) is 3.05. The molecule has 0 radical (unpaired) electrons. The van der Waals surface area contributed by atoms with E-state index >= 15 is 0 Å². The molecule has 2 aromatic carbocycles. The molecule has 1 heterocycles. The summed E-state index contributed by atoms with van der Waals surface area (Å²) in [7, 11) is 0. The number of hydrogen-bond donors (Lipinski definition) is 1. The van der Waals surface area contributed by atoms with Crippen LogP contribution in [-0.4, -0.2) is 50.6 Å². The molecule has 0 spiro atoms. The van der Waals surface area contributed by atoms with Crippen LogP contribution in [0.5, 0.6) is 11.5 Å². The van der Waals surface area contributed by atoms with E-state index in [4.69, 9.17) is 9.84 Å². The summed E-state index contributed by atoms with van der Waals surface area (Å²) < 4.78 is 18.4. The van der Waals surface area contributed by atoms with Gasteiger partial charge in [-0.3, -0.25) is 0 Å². The van der Waals surface area contributed by atoms with E-state index in [1.165, 1.54) is 30.5 Å². The van der Waals surface area contributed by atoms with Crippen molar-refractivity contribution >= 4 is 35.5 Å². The average Bonchev–Trinajstić information content (AvgIpc) is 2.58. The van der Waals surface area contributed by atoms with Gasteiger partial charge in [-0.2, -0.15) is 0 Å². The van der Waals surface area contributed by atoms with Crippen LogP contribution in [0.2, 0.25) is 0 Å². The van der Waals surface area contributed by atoms with E-state index in [1.807, 2.05) is 0 Å². The molecule has 0 aliphatic carbocycles. The third kappa shape index (κ3) is 4.38. The number of carboxylic acids is 1. The molecule has 3 aromatic rings. The number of aromatic nitrogens is 2. The summed E-state index contributed by atoms with van der Waals surface area (Å²) in [6.07, 6.45) is 1.40. The Kier molecular flexibility index (Phi) is 6.03. The fourth-order valence-electron chi connectivity index (χ4n) is 1.95. The number of benzene rings is 2. The number of ether oxygens (including phenoxy) is 1. The van der Waals surface area contributed by atoms with E-state index < -0.39 is 5.97 Å². The van der Waals surface area contributed by atoms with Crippen LogP contribution in [0, 0.1) is 5.82 Å². The summed E-state index contributed by atoms with van der Waals surface area (Å²) >= 11 is 0. The van der Waals surface area contributed by atoms with Gasteiger partial charge >= 0.3 is 35.5 Å². The third-order valence-corrected chi connectivity index (χ3v) is 3.05. The van der Waals surface area contributed by atoms with Gasteiger partial charge in [0.25, 0.3) is 0 Å². The van der Waals surface area contributed by atoms with E-state index in [-0.39, 0.29) is 41.2 Å². The summed E-state index contributed by atoms with van der Waals surface area (Å²) in [4.78, 5) is 18.5. The molecule has 0 aliphatic rings. The summed E-state index contributed by atoms with van der Waals surface area (Å²) in [5, 5.41) is 8.91. The Morgan fingerprint density at radius 1 is 0.958 bits per heavy atom. The van der Waals surface area contributed by atoms with Crippen LogP contribution in [-0.2, 0) is 0 Å². The van der Waals surface area contributed by atoms with Crippen molar-refractivity contribution in [3.05, 3.63) is 72.4 Å². The van der Waals surface area contributed by atoms with Gasteiger partial charge in [-0.25, -0.2) is 19.2 Å². The van der Waals surface area contributed by atoms with Crippen LogP contribution in [0.4, 0.5) is 4.39 Å². The predicted molar refractivity (Wildman–Crippen MR) is 88.1 cm³/mol. The van der Waals surface area contributed by atoms with Crippen LogP contribution >= 0.6 is 0 Å². The van der Waals surface area contributed by atoms with Gasteiger partial charge in [0.2, 0.25) is 5.82 Å². The summed E-state index contributed by atoms with van der Waals surface area (Å²) in [5.41, 5.74) is 1.24. The molecule has 0 aliphatic heterocycles. The van der Waals surface area contributed by atoms with Gasteiger partial charge < -0.3 is 9.84 Å². The molecule has 5 nitrogen and oxygen atoms in total. The quantitative estimate of drug-likeness (QED) is 0.742. The minimum absolute atomic E-state index is 0. The summed E-state index contributed by atoms with van der Waals surface area (Å²) in [6.45, 7) is 0. The zero-order valence-corrected chi connectivity index (χ0v) is 11.8. The van der Waals surface area contributed by atoms with E-state index in [0.717, 1.165) is 5.56 Å². The first-order valence-corrected chi connectivity index (χ1v) is 6.72. The number of nitrogens with zero attached hydrogens (tertiary/aromatic N) is 2. The van der Waals surface area contributed by atoms with Crippen molar-refractivity contribution in [3.63, 3.8) is 0 Å². The average molecular weight is 334 g/mol. The first kappa shape index (κ1) is 18.1. The monoisotopic (exact) mass is 334 g/mol. The second kappa shape index (κ2) is 8.01. The van der Waals surface area contributed by atoms with Crippen molar-refractivity contribution in [2.24, 2.45) is 0 Å². The van der Waals surface area contributed by atoms with Gasteiger partial charge in [0, 0.05) is 11.8 Å². The van der Waals surface area contributed by atoms with Crippen LogP contribution in [0.3, 0.4) is 0 Å². The SMILES string of the molecule is O=C(O)c1nccc(-c2ccc(Oc3ccc(F)cc3)cc2)n1.[NaH]. The molecule has 7 heteroatoms.